The molecule has 6 heteroatoms. The van der Waals surface area contributed by atoms with E-state index in [0.717, 1.165) is 63.6 Å². The molecule has 2 N–H and O–H groups in total. The molecular weight excluding hydrogens is 381 g/mol. The first kappa shape index (κ1) is 18.3. The minimum atomic E-state index is -0.151. The van der Waals surface area contributed by atoms with Gasteiger partial charge in [0.15, 0.2) is 5.96 Å². The van der Waals surface area contributed by atoms with Gasteiger partial charge in [-0.2, -0.15) is 0 Å². The van der Waals surface area contributed by atoms with Crippen molar-refractivity contribution in [3.05, 3.63) is 24.2 Å². The molecule has 0 unspecified atom stereocenters. The number of likely N-dealkylation sites (tertiary alicyclic amines) is 1. The second kappa shape index (κ2) is 10.0. The Bertz CT molecular complexity index is 401. The highest BCUT2D eigenvalue weighted by Crippen LogP contribution is 2.10. The molecule has 1 saturated heterocycles. The molecule has 0 aliphatic carbocycles. The monoisotopic (exact) mass is 407 g/mol. The maximum atomic E-state index is 9.59. The van der Waals surface area contributed by atoms with Gasteiger partial charge in [0, 0.05) is 32.6 Å². The van der Waals surface area contributed by atoms with Crippen LogP contribution < -0.4 is 5.32 Å². The van der Waals surface area contributed by atoms with Crippen molar-refractivity contribution >= 4 is 29.9 Å². The van der Waals surface area contributed by atoms with Crippen molar-refractivity contribution in [3.8, 4) is 0 Å². The van der Waals surface area contributed by atoms with Gasteiger partial charge in [0.2, 0.25) is 0 Å². The fourth-order valence-electron chi connectivity index (χ4n) is 2.32. The van der Waals surface area contributed by atoms with Gasteiger partial charge in [0.25, 0.3) is 0 Å². The molecular formula is C15H26IN3O2. The van der Waals surface area contributed by atoms with Crippen LogP contribution in [-0.4, -0.2) is 48.2 Å². The van der Waals surface area contributed by atoms with Gasteiger partial charge < -0.3 is 19.7 Å². The Kier molecular flexibility index (Phi) is 8.75. The zero-order chi connectivity index (χ0) is 14.2. The Morgan fingerprint density at radius 1 is 1.48 bits per heavy atom. The van der Waals surface area contributed by atoms with Gasteiger partial charge >= 0.3 is 0 Å². The summed E-state index contributed by atoms with van der Waals surface area (Å²) in [6, 6.07) is 3.90. The SMILES string of the molecule is CCCN=C(NCCc1ccco1)N1CCC(O)CC1.I. The van der Waals surface area contributed by atoms with Crippen LogP contribution in [0, 0.1) is 0 Å². The van der Waals surface area contributed by atoms with Crippen molar-refractivity contribution in [2.75, 3.05) is 26.2 Å². The number of nitrogens with one attached hydrogen (secondary N) is 1. The molecule has 120 valence electrons. The molecule has 21 heavy (non-hydrogen) atoms. The molecule has 0 amide bonds. The van der Waals surface area contributed by atoms with E-state index in [1.807, 2.05) is 12.1 Å². The Morgan fingerprint density at radius 2 is 2.24 bits per heavy atom. The van der Waals surface area contributed by atoms with Crippen LogP contribution in [0.15, 0.2) is 27.8 Å². The number of rotatable bonds is 5. The minimum Gasteiger partial charge on any atom is -0.469 e. The van der Waals surface area contributed by atoms with Crippen LogP contribution in [0.3, 0.4) is 0 Å². The number of furan rings is 1. The van der Waals surface area contributed by atoms with Gasteiger partial charge in [-0.15, -0.1) is 24.0 Å². The van der Waals surface area contributed by atoms with Crippen LogP contribution in [0.4, 0.5) is 0 Å². The van der Waals surface area contributed by atoms with Gasteiger partial charge in [-0.25, -0.2) is 0 Å². The molecule has 1 aromatic rings. The van der Waals surface area contributed by atoms with E-state index in [2.05, 4.69) is 22.1 Å². The van der Waals surface area contributed by atoms with Crippen LogP contribution in [0.1, 0.15) is 31.9 Å². The van der Waals surface area contributed by atoms with Crippen molar-refractivity contribution in [3.63, 3.8) is 0 Å². The van der Waals surface area contributed by atoms with E-state index in [-0.39, 0.29) is 30.1 Å². The van der Waals surface area contributed by atoms with E-state index in [1.54, 1.807) is 6.26 Å². The smallest absolute Gasteiger partial charge is 0.193 e. The van der Waals surface area contributed by atoms with Crippen molar-refractivity contribution in [2.24, 2.45) is 4.99 Å². The lowest BCUT2D eigenvalue weighted by atomic mass is 10.1. The highest BCUT2D eigenvalue weighted by atomic mass is 127. The fourth-order valence-corrected chi connectivity index (χ4v) is 2.32. The molecule has 0 bridgehead atoms. The van der Waals surface area contributed by atoms with Gasteiger partial charge in [0.1, 0.15) is 5.76 Å². The average Bonchev–Trinajstić information content (AvgIpc) is 2.97. The number of aliphatic hydroxyl groups is 1. The normalized spacial score (nSPS) is 16.7. The summed E-state index contributed by atoms with van der Waals surface area (Å²) in [5, 5.41) is 13.0. The summed E-state index contributed by atoms with van der Waals surface area (Å²) in [6.45, 7) is 5.52. The molecule has 2 heterocycles. The molecule has 0 saturated carbocycles. The van der Waals surface area contributed by atoms with Crippen LogP contribution in [-0.2, 0) is 6.42 Å². The van der Waals surface area contributed by atoms with Crippen molar-refractivity contribution in [1.82, 2.24) is 10.2 Å². The average molecular weight is 407 g/mol. The lowest BCUT2D eigenvalue weighted by Crippen LogP contribution is -2.47. The molecule has 1 aliphatic heterocycles. The standard InChI is InChI=1S/C15H25N3O2.HI/c1-2-8-16-15(18-10-6-13(19)7-11-18)17-9-5-14-4-3-12-20-14;/h3-4,12-13,19H,2,5-11H2,1H3,(H,16,17);1H. The Balaban J connectivity index is 0.00000220. The van der Waals surface area contributed by atoms with E-state index < -0.39 is 0 Å². The number of aliphatic imine (C=N–C) groups is 1. The Hall–Kier alpha value is -0.760. The summed E-state index contributed by atoms with van der Waals surface area (Å²) in [5.74, 6) is 1.95. The molecule has 0 aromatic carbocycles. The van der Waals surface area contributed by atoms with Crippen LogP contribution in [0.5, 0.6) is 0 Å². The van der Waals surface area contributed by atoms with E-state index in [9.17, 15) is 5.11 Å². The molecule has 1 aromatic heterocycles. The second-order valence-corrected chi connectivity index (χ2v) is 5.18. The molecule has 1 aliphatic rings. The summed E-state index contributed by atoms with van der Waals surface area (Å²) < 4.78 is 5.33. The third-order valence-electron chi connectivity index (χ3n) is 3.48. The first-order valence-electron chi connectivity index (χ1n) is 7.53. The largest absolute Gasteiger partial charge is 0.469 e. The van der Waals surface area contributed by atoms with Gasteiger partial charge in [-0.1, -0.05) is 6.92 Å². The van der Waals surface area contributed by atoms with Gasteiger partial charge in [-0.05, 0) is 31.4 Å². The molecule has 5 nitrogen and oxygen atoms in total. The van der Waals surface area contributed by atoms with Crippen LogP contribution >= 0.6 is 24.0 Å². The van der Waals surface area contributed by atoms with Crippen molar-refractivity contribution < 1.29 is 9.52 Å². The Morgan fingerprint density at radius 3 is 2.86 bits per heavy atom. The summed E-state index contributed by atoms with van der Waals surface area (Å²) in [5.41, 5.74) is 0. The van der Waals surface area contributed by atoms with Crippen molar-refractivity contribution in [2.45, 2.75) is 38.7 Å². The quantitative estimate of drug-likeness (QED) is 0.447. The third kappa shape index (κ3) is 6.25. The second-order valence-electron chi connectivity index (χ2n) is 5.18. The number of aliphatic hydroxyl groups excluding tert-OH is 1. The summed E-state index contributed by atoms with van der Waals surface area (Å²) >= 11 is 0. The number of halogens is 1. The van der Waals surface area contributed by atoms with E-state index >= 15 is 0 Å². The number of nitrogens with zero attached hydrogens (tertiary/aromatic N) is 2. The lowest BCUT2D eigenvalue weighted by Gasteiger charge is -2.32. The molecule has 0 atom stereocenters. The highest BCUT2D eigenvalue weighted by Gasteiger charge is 2.19. The number of hydrogen-bond donors (Lipinski definition) is 2. The summed E-state index contributed by atoms with van der Waals surface area (Å²) in [4.78, 5) is 6.87. The molecule has 2 rings (SSSR count). The first-order valence-corrected chi connectivity index (χ1v) is 7.53. The van der Waals surface area contributed by atoms with E-state index in [1.165, 1.54) is 0 Å². The maximum Gasteiger partial charge on any atom is 0.193 e. The first-order chi connectivity index (χ1) is 9.79. The molecule has 1 fully saturated rings. The zero-order valence-electron chi connectivity index (χ0n) is 12.6. The predicted octanol–water partition coefficient (Wildman–Crippen LogP) is 2.25. The minimum absolute atomic E-state index is 0. The highest BCUT2D eigenvalue weighted by molar-refractivity contribution is 14.0. The maximum absolute atomic E-state index is 9.59. The lowest BCUT2D eigenvalue weighted by molar-refractivity contribution is 0.108. The Labute approximate surface area is 143 Å². The van der Waals surface area contributed by atoms with Crippen LogP contribution in [0.25, 0.3) is 0 Å². The topological polar surface area (TPSA) is 61.0 Å². The number of hydrogen-bond acceptors (Lipinski definition) is 3. The van der Waals surface area contributed by atoms with Crippen molar-refractivity contribution in [1.29, 1.82) is 0 Å². The van der Waals surface area contributed by atoms with E-state index in [0.29, 0.717) is 0 Å². The molecule has 0 radical (unpaired) electrons. The third-order valence-corrected chi connectivity index (χ3v) is 3.48. The van der Waals surface area contributed by atoms with Gasteiger partial charge in [-0.3, -0.25) is 4.99 Å². The predicted molar refractivity (Wildman–Crippen MR) is 95.2 cm³/mol. The van der Waals surface area contributed by atoms with Crippen LogP contribution in [0.2, 0.25) is 0 Å². The number of guanidine groups is 1. The van der Waals surface area contributed by atoms with E-state index in [4.69, 9.17) is 4.42 Å². The van der Waals surface area contributed by atoms with Gasteiger partial charge in [0.05, 0.1) is 12.4 Å². The summed E-state index contributed by atoms with van der Waals surface area (Å²) in [6.07, 6.45) is 5.10. The fraction of sp³-hybridized carbons (Fsp3) is 0.667. The summed E-state index contributed by atoms with van der Waals surface area (Å²) in [7, 11) is 0. The number of piperidine rings is 1. The molecule has 0 spiro atoms. The zero-order valence-corrected chi connectivity index (χ0v) is 15.0.